The second-order valence-electron chi connectivity index (χ2n) is 6.50. The van der Waals surface area contributed by atoms with E-state index >= 15 is 0 Å². The Bertz CT molecular complexity index is 839. The number of primary amides is 1. The lowest BCUT2D eigenvalue weighted by Gasteiger charge is -2.34. The Morgan fingerprint density at radius 3 is 2.78 bits per heavy atom. The average Bonchev–Trinajstić information content (AvgIpc) is 2.66. The van der Waals surface area contributed by atoms with Crippen molar-refractivity contribution in [2.24, 2.45) is 5.73 Å². The first-order valence-corrected chi connectivity index (χ1v) is 8.64. The third kappa shape index (κ3) is 4.38. The molecule has 2 N–H and O–H groups in total. The topological polar surface area (TPSA) is 85.1 Å². The van der Waals surface area contributed by atoms with Crippen molar-refractivity contribution in [1.29, 1.82) is 0 Å². The minimum atomic E-state index is -0.854. The highest BCUT2D eigenvalue weighted by Gasteiger charge is 2.32. The van der Waals surface area contributed by atoms with E-state index in [4.69, 9.17) is 15.2 Å². The van der Waals surface area contributed by atoms with Crippen LogP contribution in [0.4, 0.5) is 5.69 Å². The van der Waals surface area contributed by atoms with Crippen LogP contribution in [0.25, 0.3) is 0 Å². The minimum Gasteiger partial charge on any atom is -0.497 e. The number of likely N-dealkylation sites (N-methyl/N-ethyl adjacent to an activating group) is 1. The molecule has 27 heavy (non-hydrogen) atoms. The summed E-state index contributed by atoms with van der Waals surface area (Å²) < 4.78 is 10.8. The zero-order valence-corrected chi connectivity index (χ0v) is 15.4. The van der Waals surface area contributed by atoms with Crippen LogP contribution < -0.4 is 20.1 Å². The van der Waals surface area contributed by atoms with Crippen molar-refractivity contribution in [3.8, 4) is 11.5 Å². The summed E-state index contributed by atoms with van der Waals surface area (Å²) >= 11 is 0. The molecule has 0 aliphatic carbocycles. The number of fused-ring (bicyclic) bond motifs is 1. The van der Waals surface area contributed by atoms with Crippen molar-refractivity contribution in [3.63, 3.8) is 0 Å². The Balaban J connectivity index is 1.71. The molecule has 1 aliphatic heterocycles. The smallest absolute Gasteiger partial charge is 0.260 e. The van der Waals surface area contributed by atoms with Gasteiger partial charge in [-0.05, 0) is 36.9 Å². The predicted octanol–water partition coefficient (Wildman–Crippen LogP) is 1.41. The fourth-order valence-electron chi connectivity index (χ4n) is 3.07. The molecule has 0 bridgehead atoms. The van der Waals surface area contributed by atoms with E-state index in [1.54, 1.807) is 30.2 Å². The quantitative estimate of drug-likeness (QED) is 0.832. The van der Waals surface area contributed by atoms with Crippen molar-refractivity contribution in [3.05, 3.63) is 54.1 Å². The molecule has 0 aromatic heterocycles. The predicted molar refractivity (Wildman–Crippen MR) is 102 cm³/mol. The van der Waals surface area contributed by atoms with E-state index in [-0.39, 0.29) is 19.0 Å². The Morgan fingerprint density at radius 2 is 2.04 bits per heavy atom. The third-order valence-electron chi connectivity index (χ3n) is 4.38. The lowest BCUT2D eigenvalue weighted by molar-refractivity contribution is -0.125. The van der Waals surface area contributed by atoms with E-state index in [1.165, 1.54) is 0 Å². The van der Waals surface area contributed by atoms with Crippen LogP contribution in [-0.2, 0) is 16.1 Å². The molecule has 0 fully saturated rings. The van der Waals surface area contributed by atoms with Gasteiger partial charge < -0.3 is 20.1 Å². The van der Waals surface area contributed by atoms with Gasteiger partial charge in [0.05, 0.1) is 25.9 Å². The highest BCUT2D eigenvalue weighted by Crippen LogP contribution is 2.33. The van der Waals surface area contributed by atoms with E-state index in [1.807, 2.05) is 42.3 Å². The van der Waals surface area contributed by atoms with Crippen LogP contribution in [-0.4, -0.2) is 50.1 Å². The Morgan fingerprint density at radius 1 is 1.26 bits per heavy atom. The average molecular weight is 369 g/mol. The molecule has 1 unspecified atom stereocenters. The molecule has 0 saturated carbocycles. The molecule has 2 aromatic carbocycles. The maximum Gasteiger partial charge on any atom is 0.260 e. The van der Waals surface area contributed by atoms with Gasteiger partial charge in [-0.3, -0.25) is 14.5 Å². The van der Waals surface area contributed by atoms with Crippen LogP contribution in [0.3, 0.4) is 0 Å². The number of nitrogens with two attached hydrogens (primary N) is 1. The number of hydrogen-bond donors (Lipinski definition) is 1. The normalized spacial score (nSPS) is 15.8. The molecule has 1 heterocycles. The summed E-state index contributed by atoms with van der Waals surface area (Å²) in [6, 6.07) is 14.9. The minimum absolute atomic E-state index is 0.109. The van der Waals surface area contributed by atoms with Crippen LogP contribution in [0.1, 0.15) is 5.56 Å². The summed E-state index contributed by atoms with van der Waals surface area (Å²) in [6.07, 6.45) is -0.854. The van der Waals surface area contributed by atoms with Gasteiger partial charge in [-0.1, -0.05) is 24.3 Å². The molecule has 0 radical (unpaired) electrons. The summed E-state index contributed by atoms with van der Waals surface area (Å²) in [4.78, 5) is 28.0. The van der Waals surface area contributed by atoms with Crippen LogP contribution in [0.2, 0.25) is 0 Å². The summed E-state index contributed by atoms with van der Waals surface area (Å²) in [5.74, 6) is 0.546. The van der Waals surface area contributed by atoms with Gasteiger partial charge in [0.15, 0.2) is 6.10 Å². The number of amides is 2. The maximum absolute atomic E-state index is 12.9. The van der Waals surface area contributed by atoms with E-state index in [9.17, 15) is 9.59 Å². The zero-order valence-electron chi connectivity index (χ0n) is 15.4. The van der Waals surface area contributed by atoms with Gasteiger partial charge in [-0.2, -0.15) is 0 Å². The first kappa shape index (κ1) is 18.7. The maximum atomic E-state index is 12.9. The lowest BCUT2D eigenvalue weighted by atomic mass is 10.1. The molecular weight excluding hydrogens is 346 g/mol. The van der Waals surface area contributed by atoms with Gasteiger partial charge in [0.25, 0.3) is 5.91 Å². The number of hydrogen-bond acceptors (Lipinski definition) is 5. The first-order valence-electron chi connectivity index (χ1n) is 8.64. The number of para-hydroxylation sites is 2. The standard InChI is InChI=1S/C20H23N3O4/c1-22(11-14-6-5-7-15(10-14)26-2)13-19(24)23-12-18(20(21)25)27-17-9-4-3-8-16(17)23/h3-10,18H,11-13H2,1-2H3,(H2,21,25). The van der Waals surface area contributed by atoms with E-state index in [2.05, 4.69) is 0 Å². The second kappa shape index (κ2) is 8.09. The number of ether oxygens (including phenoxy) is 2. The first-order chi connectivity index (χ1) is 13.0. The van der Waals surface area contributed by atoms with E-state index in [0.29, 0.717) is 18.0 Å². The molecule has 1 aliphatic rings. The summed E-state index contributed by atoms with van der Waals surface area (Å²) in [5.41, 5.74) is 7.08. The molecular formula is C20H23N3O4. The van der Waals surface area contributed by atoms with Gasteiger partial charge in [0.1, 0.15) is 11.5 Å². The molecule has 1 atom stereocenters. The van der Waals surface area contributed by atoms with Crippen molar-refractivity contribution in [1.82, 2.24) is 4.90 Å². The summed E-state index contributed by atoms with van der Waals surface area (Å²) in [5, 5.41) is 0. The molecule has 3 rings (SSSR count). The number of carbonyl (C=O) groups is 2. The SMILES string of the molecule is COc1cccc(CN(C)CC(=O)N2CC(C(N)=O)Oc3ccccc32)c1. The number of nitrogens with zero attached hydrogens (tertiary/aromatic N) is 2. The van der Waals surface area contributed by atoms with Crippen LogP contribution >= 0.6 is 0 Å². The zero-order chi connectivity index (χ0) is 19.4. The molecule has 2 amide bonds. The van der Waals surface area contributed by atoms with Crippen molar-refractivity contribution in [2.45, 2.75) is 12.6 Å². The van der Waals surface area contributed by atoms with Gasteiger partial charge in [-0.15, -0.1) is 0 Å². The third-order valence-corrected chi connectivity index (χ3v) is 4.38. The van der Waals surface area contributed by atoms with Crippen LogP contribution in [0.5, 0.6) is 11.5 Å². The monoisotopic (exact) mass is 369 g/mol. The van der Waals surface area contributed by atoms with E-state index < -0.39 is 12.0 Å². The number of benzene rings is 2. The Hall–Kier alpha value is -3.06. The van der Waals surface area contributed by atoms with Gasteiger partial charge in [0, 0.05) is 6.54 Å². The summed E-state index contributed by atoms with van der Waals surface area (Å²) in [7, 11) is 3.49. The van der Waals surface area contributed by atoms with Crippen LogP contribution in [0, 0.1) is 0 Å². The molecule has 0 spiro atoms. The molecule has 0 saturated heterocycles. The number of methoxy groups -OCH3 is 1. The molecule has 2 aromatic rings. The summed E-state index contributed by atoms with van der Waals surface area (Å²) in [6.45, 7) is 0.892. The van der Waals surface area contributed by atoms with Gasteiger partial charge >= 0.3 is 0 Å². The highest BCUT2D eigenvalue weighted by atomic mass is 16.5. The molecule has 142 valence electrons. The number of carbonyl (C=O) groups excluding carboxylic acids is 2. The number of anilines is 1. The highest BCUT2D eigenvalue weighted by molar-refractivity contribution is 5.98. The van der Waals surface area contributed by atoms with Crippen molar-refractivity contribution in [2.75, 3.05) is 32.1 Å². The number of rotatable bonds is 6. The molecule has 7 nitrogen and oxygen atoms in total. The Kier molecular flexibility index (Phi) is 5.61. The molecule has 7 heteroatoms. The van der Waals surface area contributed by atoms with Crippen molar-refractivity contribution < 1.29 is 19.1 Å². The van der Waals surface area contributed by atoms with Gasteiger partial charge in [0.2, 0.25) is 5.91 Å². The fourth-order valence-corrected chi connectivity index (χ4v) is 3.07. The fraction of sp³-hybridized carbons (Fsp3) is 0.300. The Labute approximate surface area is 158 Å². The lowest BCUT2D eigenvalue weighted by Crippen LogP contribution is -2.51. The van der Waals surface area contributed by atoms with Gasteiger partial charge in [-0.25, -0.2) is 0 Å². The van der Waals surface area contributed by atoms with E-state index in [0.717, 1.165) is 11.3 Å². The van der Waals surface area contributed by atoms with Crippen LogP contribution in [0.15, 0.2) is 48.5 Å². The van der Waals surface area contributed by atoms with Crippen molar-refractivity contribution >= 4 is 17.5 Å². The second-order valence-corrected chi connectivity index (χ2v) is 6.50. The largest absolute Gasteiger partial charge is 0.497 e.